The van der Waals surface area contributed by atoms with Crippen molar-refractivity contribution in [2.75, 3.05) is 41.4 Å². The molecular formula is C35H40N10O2. The normalized spacial score (nSPS) is 20.2. The van der Waals surface area contributed by atoms with Gasteiger partial charge in [0, 0.05) is 67.7 Å². The summed E-state index contributed by atoms with van der Waals surface area (Å²) in [5, 5.41) is 20.7. The highest BCUT2D eigenvalue weighted by Gasteiger charge is 2.43. The Bertz CT molecular complexity index is 1720. The number of aryl methyl sites for hydroxylation is 1. The number of hydrogen-bond acceptors (Lipinski definition) is 9. The Morgan fingerprint density at radius 3 is 2.57 bits per heavy atom. The molecule has 2 N–H and O–H groups in total. The highest BCUT2D eigenvalue weighted by Crippen LogP contribution is 2.39. The van der Waals surface area contributed by atoms with E-state index in [0.717, 1.165) is 81.5 Å². The molecule has 3 aromatic heterocycles. The van der Waals surface area contributed by atoms with Gasteiger partial charge in [-0.1, -0.05) is 30.3 Å². The van der Waals surface area contributed by atoms with Crippen molar-refractivity contribution in [3.63, 3.8) is 0 Å². The Morgan fingerprint density at radius 2 is 1.89 bits per heavy atom. The Hall–Kier alpha value is -5.02. The molecule has 47 heavy (non-hydrogen) atoms. The zero-order valence-electron chi connectivity index (χ0n) is 26.7. The van der Waals surface area contributed by atoms with Gasteiger partial charge in [0.1, 0.15) is 17.5 Å². The predicted molar refractivity (Wildman–Crippen MR) is 179 cm³/mol. The van der Waals surface area contributed by atoms with Gasteiger partial charge >= 0.3 is 6.03 Å². The molecule has 0 bridgehead atoms. The minimum absolute atomic E-state index is 0.0211. The number of amides is 2. The molecule has 7 rings (SSSR count). The fourth-order valence-corrected chi connectivity index (χ4v) is 7.02. The van der Waals surface area contributed by atoms with Gasteiger partial charge in [0.15, 0.2) is 5.82 Å². The number of benzene rings is 1. The van der Waals surface area contributed by atoms with E-state index in [1.54, 1.807) is 17.1 Å². The first-order chi connectivity index (χ1) is 23.0. The van der Waals surface area contributed by atoms with Crippen LogP contribution in [0.5, 0.6) is 0 Å². The highest BCUT2D eigenvalue weighted by atomic mass is 16.5. The van der Waals surface area contributed by atoms with Crippen LogP contribution in [0.4, 0.5) is 22.4 Å². The molecule has 2 aliphatic heterocycles. The van der Waals surface area contributed by atoms with Crippen molar-refractivity contribution in [3.05, 3.63) is 78.4 Å². The quantitative estimate of drug-likeness (QED) is 0.278. The predicted octanol–water partition coefficient (Wildman–Crippen LogP) is 4.90. The molecule has 0 atom stereocenters. The molecule has 3 aliphatic rings. The van der Waals surface area contributed by atoms with Crippen LogP contribution >= 0.6 is 0 Å². The van der Waals surface area contributed by atoms with Gasteiger partial charge in [0.05, 0.1) is 25.6 Å². The zero-order chi connectivity index (χ0) is 32.2. The number of hydrogen-bond donors (Lipinski definition) is 2. The molecule has 242 valence electrons. The number of urea groups is 1. The van der Waals surface area contributed by atoms with E-state index in [9.17, 15) is 10.1 Å². The summed E-state index contributed by atoms with van der Waals surface area (Å²) in [5.74, 6) is 1.86. The first-order valence-electron chi connectivity index (χ1n) is 16.4. The monoisotopic (exact) mass is 632 g/mol. The van der Waals surface area contributed by atoms with Gasteiger partial charge in [-0.25, -0.2) is 14.8 Å². The molecule has 1 spiro atoms. The molecule has 5 heterocycles. The number of aromatic nitrogens is 5. The van der Waals surface area contributed by atoms with E-state index in [4.69, 9.17) is 14.7 Å². The van der Waals surface area contributed by atoms with Crippen molar-refractivity contribution in [2.24, 2.45) is 12.5 Å². The maximum atomic E-state index is 13.8. The second kappa shape index (κ2) is 13.4. The van der Waals surface area contributed by atoms with Crippen LogP contribution in [0.25, 0.3) is 11.1 Å². The summed E-state index contributed by atoms with van der Waals surface area (Å²) in [6, 6.07) is 16.1. The van der Waals surface area contributed by atoms with Gasteiger partial charge < -0.3 is 20.3 Å². The number of piperidine rings is 1. The van der Waals surface area contributed by atoms with Crippen molar-refractivity contribution >= 4 is 23.6 Å². The van der Waals surface area contributed by atoms with Crippen LogP contribution in [-0.4, -0.2) is 69.2 Å². The van der Waals surface area contributed by atoms with E-state index in [1.165, 1.54) is 0 Å². The van der Waals surface area contributed by atoms with Gasteiger partial charge in [-0.2, -0.15) is 15.3 Å². The van der Waals surface area contributed by atoms with E-state index in [-0.39, 0.29) is 23.5 Å². The molecule has 1 aromatic carbocycles. The van der Waals surface area contributed by atoms with Crippen molar-refractivity contribution < 1.29 is 9.53 Å². The molecule has 0 radical (unpaired) electrons. The van der Waals surface area contributed by atoms with Crippen LogP contribution in [0.1, 0.15) is 49.7 Å². The van der Waals surface area contributed by atoms with Gasteiger partial charge in [-0.3, -0.25) is 9.58 Å². The second-order valence-electron chi connectivity index (χ2n) is 13.0. The second-order valence-corrected chi connectivity index (χ2v) is 13.0. The van der Waals surface area contributed by atoms with Crippen LogP contribution in [0, 0.1) is 16.7 Å². The number of anilines is 3. The molecule has 3 fully saturated rings. The fraction of sp³-hybridized carbons (Fsp3) is 0.429. The Kier molecular flexibility index (Phi) is 8.72. The molecule has 12 heteroatoms. The third-order valence-electron chi connectivity index (χ3n) is 9.60. The third kappa shape index (κ3) is 6.76. The van der Waals surface area contributed by atoms with Gasteiger partial charge in [-0.05, 0) is 56.2 Å². The van der Waals surface area contributed by atoms with Gasteiger partial charge in [0.25, 0.3) is 0 Å². The number of nitrogens with zero attached hydrogens (tertiary/aromatic N) is 8. The molecule has 2 amide bonds. The van der Waals surface area contributed by atoms with Crippen LogP contribution in [0.3, 0.4) is 0 Å². The van der Waals surface area contributed by atoms with Crippen molar-refractivity contribution in [1.82, 2.24) is 30.0 Å². The summed E-state index contributed by atoms with van der Waals surface area (Å²) >= 11 is 0. The van der Waals surface area contributed by atoms with Crippen LogP contribution in [-0.2, 0) is 18.3 Å². The van der Waals surface area contributed by atoms with Crippen LogP contribution in [0.2, 0.25) is 0 Å². The molecular weight excluding hydrogens is 592 g/mol. The maximum absolute atomic E-state index is 13.8. The summed E-state index contributed by atoms with van der Waals surface area (Å²) in [5.41, 5.74) is 3.63. The lowest BCUT2D eigenvalue weighted by Gasteiger charge is -2.48. The summed E-state index contributed by atoms with van der Waals surface area (Å²) in [6.45, 7) is 3.71. The SMILES string of the molecule is Cn1cc(-c2ccc(N(C(=O)NCc3ccccc3)[C@H]3CC[C@H](Nc4ncc(C#N)c(N5CCCC6(COC6)C5)n4)CC3)nc2)cn1. The average molecular weight is 633 g/mol. The Labute approximate surface area is 274 Å². The summed E-state index contributed by atoms with van der Waals surface area (Å²) < 4.78 is 7.29. The average Bonchev–Trinajstić information content (AvgIpc) is 3.54. The summed E-state index contributed by atoms with van der Waals surface area (Å²) in [7, 11) is 1.89. The van der Waals surface area contributed by atoms with E-state index < -0.39 is 0 Å². The molecule has 12 nitrogen and oxygen atoms in total. The smallest absolute Gasteiger partial charge is 0.323 e. The topological polar surface area (TPSA) is 137 Å². The van der Waals surface area contributed by atoms with E-state index in [0.29, 0.717) is 29.7 Å². The summed E-state index contributed by atoms with van der Waals surface area (Å²) in [4.78, 5) is 31.9. The maximum Gasteiger partial charge on any atom is 0.323 e. The van der Waals surface area contributed by atoms with E-state index in [2.05, 4.69) is 31.7 Å². The first kappa shape index (κ1) is 30.6. The molecule has 1 saturated carbocycles. The van der Waals surface area contributed by atoms with Crippen molar-refractivity contribution in [1.29, 1.82) is 5.26 Å². The molecule has 0 unspecified atom stereocenters. The Balaban J connectivity index is 1.04. The standard InChI is InChI=1S/C35H40N10O2/c1-43-21-28(20-40-43)26-8-13-31(37-18-26)45(34(46)39-17-25-6-3-2-4-7-25)30-11-9-29(10-12-30)41-33-38-19-27(16-36)32(42-33)44-15-5-14-35(22-44)23-47-24-35/h2-4,6-8,13,18-21,29-30H,5,9-12,14-15,17,22-24H2,1H3,(H,39,46)(H,38,41,42)/t29-,30-. The van der Waals surface area contributed by atoms with Gasteiger partial charge in [0.2, 0.25) is 5.95 Å². The number of ether oxygens (including phenoxy) is 1. The van der Waals surface area contributed by atoms with Crippen LogP contribution < -0.4 is 20.4 Å². The van der Waals surface area contributed by atoms with E-state index in [1.807, 2.05) is 66.8 Å². The number of carbonyl (C=O) groups excluding carboxylic acids is 1. The largest absolute Gasteiger partial charge is 0.380 e. The van der Waals surface area contributed by atoms with Crippen LogP contribution in [0.15, 0.2) is 67.3 Å². The molecule has 1 aliphatic carbocycles. The van der Waals surface area contributed by atoms with E-state index >= 15 is 0 Å². The first-order valence-corrected chi connectivity index (χ1v) is 16.4. The molecule has 2 saturated heterocycles. The lowest BCUT2D eigenvalue weighted by atomic mass is 9.78. The third-order valence-corrected chi connectivity index (χ3v) is 9.60. The number of nitriles is 1. The van der Waals surface area contributed by atoms with Crippen molar-refractivity contribution in [3.8, 4) is 17.2 Å². The lowest BCUT2D eigenvalue weighted by Crippen LogP contribution is -2.54. The Morgan fingerprint density at radius 1 is 1.06 bits per heavy atom. The minimum Gasteiger partial charge on any atom is -0.380 e. The highest BCUT2D eigenvalue weighted by molar-refractivity contribution is 5.91. The number of carbonyl (C=O) groups is 1. The zero-order valence-corrected chi connectivity index (χ0v) is 26.7. The number of rotatable bonds is 8. The molecule has 4 aromatic rings. The fourth-order valence-electron chi connectivity index (χ4n) is 7.02. The summed E-state index contributed by atoms with van der Waals surface area (Å²) in [6.07, 6.45) is 12.7. The number of nitrogens with one attached hydrogen (secondary N) is 2. The van der Waals surface area contributed by atoms with Gasteiger partial charge in [-0.15, -0.1) is 0 Å². The van der Waals surface area contributed by atoms with Crippen molar-refractivity contribution in [2.45, 2.75) is 57.2 Å². The lowest BCUT2D eigenvalue weighted by molar-refractivity contribution is -0.117. The number of pyridine rings is 1. The minimum atomic E-state index is -0.164.